The smallest absolute Gasteiger partial charge is 0.224 e. The standard InChI is InChI=1S/C22H31FN6O2/c23-21-6-2-1-4-19(21)15-27-10-7-18(8-11-27)14-28(16-20-5-3-13-31-20)22(30)9-12-29-17-24-25-26-29/h1-2,4,6,17-18,20H,3,5,7-16H2/t20-/m1/s1. The van der Waals surface area contributed by atoms with E-state index in [9.17, 15) is 9.18 Å². The number of likely N-dealkylation sites (tertiary alicyclic amines) is 1. The zero-order chi connectivity index (χ0) is 21.5. The highest BCUT2D eigenvalue weighted by atomic mass is 19.1. The Labute approximate surface area is 182 Å². The van der Waals surface area contributed by atoms with Crippen molar-refractivity contribution < 1.29 is 13.9 Å². The maximum atomic E-state index is 14.0. The Morgan fingerprint density at radius 2 is 2.03 bits per heavy atom. The highest BCUT2D eigenvalue weighted by Crippen LogP contribution is 2.23. The number of hydrogen-bond acceptors (Lipinski definition) is 6. The topological polar surface area (TPSA) is 76.4 Å². The molecule has 4 rings (SSSR count). The molecule has 8 nitrogen and oxygen atoms in total. The third-order valence-electron chi connectivity index (χ3n) is 6.28. The first-order valence-electron chi connectivity index (χ1n) is 11.2. The molecule has 0 radical (unpaired) electrons. The van der Waals surface area contributed by atoms with Crippen molar-refractivity contribution in [1.29, 1.82) is 0 Å². The van der Waals surface area contributed by atoms with Crippen LogP contribution in [-0.2, 0) is 22.6 Å². The molecule has 2 saturated heterocycles. The predicted molar refractivity (Wildman–Crippen MR) is 112 cm³/mol. The van der Waals surface area contributed by atoms with Crippen molar-refractivity contribution in [3.05, 3.63) is 42.0 Å². The molecule has 2 aromatic rings. The molecule has 3 heterocycles. The van der Waals surface area contributed by atoms with E-state index in [1.54, 1.807) is 10.7 Å². The number of halogens is 1. The molecule has 2 aliphatic rings. The van der Waals surface area contributed by atoms with Crippen molar-refractivity contribution in [1.82, 2.24) is 30.0 Å². The molecule has 2 aliphatic heterocycles. The maximum absolute atomic E-state index is 14.0. The number of aryl methyl sites for hydroxylation is 1. The summed E-state index contributed by atoms with van der Waals surface area (Å²) in [5.74, 6) is 0.440. The van der Waals surface area contributed by atoms with Gasteiger partial charge < -0.3 is 9.64 Å². The Kier molecular flexibility index (Phi) is 7.58. The highest BCUT2D eigenvalue weighted by Gasteiger charge is 2.27. The molecular weight excluding hydrogens is 399 g/mol. The monoisotopic (exact) mass is 430 g/mol. The van der Waals surface area contributed by atoms with Gasteiger partial charge in [0.25, 0.3) is 0 Å². The zero-order valence-corrected chi connectivity index (χ0v) is 17.9. The van der Waals surface area contributed by atoms with Gasteiger partial charge in [-0.3, -0.25) is 9.69 Å². The van der Waals surface area contributed by atoms with E-state index >= 15 is 0 Å². The number of hydrogen-bond donors (Lipinski definition) is 0. The number of rotatable bonds is 9. The Morgan fingerprint density at radius 1 is 1.19 bits per heavy atom. The fourth-order valence-electron chi connectivity index (χ4n) is 4.47. The van der Waals surface area contributed by atoms with Crippen LogP contribution in [0.4, 0.5) is 4.39 Å². The quantitative estimate of drug-likeness (QED) is 0.607. The van der Waals surface area contributed by atoms with Crippen molar-refractivity contribution in [2.24, 2.45) is 5.92 Å². The predicted octanol–water partition coefficient (Wildman–Crippen LogP) is 2.12. The van der Waals surface area contributed by atoms with Crippen molar-refractivity contribution in [2.75, 3.05) is 32.8 Å². The Bertz CT molecular complexity index is 819. The second-order valence-electron chi connectivity index (χ2n) is 8.57. The molecule has 0 spiro atoms. The van der Waals surface area contributed by atoms with Gasteiger partial charge in [0.05, 0.1) is 12.6 Å². The van der Waals surface area contributed by atoms with Gasteiger partial charge >= 0.3 is 0 Å². The fraction of sp³-hybridized carbons (Fsp3) is 0.636. The van der Waals surface area contributed by atoms with E-state index in [4.69, 9.17) is 4.74 Å². The number of aromatic nitrogens is 4. The summed E-state index contributed by atoms with van der Waals surface area (Å²) in [6.07, 6.45) is 6.14. The van der Waals surface area contributed by atoms with E-state index in [0.29, 0.717) is 32.0 Å². The lowest BCUT2D eigenvalue weighted by atomic mass is 9.95. The van der Waals surface area contributed by atoms with Gasteiger partial charge in [0.2, 0.25) is 5.91 Å². The van der Waals surface area contributed by atoms with Crippen molar-refractivity contribution >= 4 is 5.91 Å². The van der Waals surface area contributed by atoms with Crippen molar-refractivity contribution in [3.8, 4) is 0 Å². The Morgan fingerprint density at radius 3 is 2.74 bits per heavy atom. The van der Waals surface area contributed by atoms with Gasteiger partial charge in [-0.1, -0.05) is 18.2 Å². The summed E-state index contributed by atoms with van der Waals surface area (Å²) >= 11 is 0. The van der Waals surface area contributed by atoms with Crippen LogP contribution < -0.4 is 0 Å². The summed E-state index contributed by atoms with van der Waals surface area (Å²) in [5.41, 5.74) is 0.749. The average Bonchev–Trinajstić information content (AvgIpc) is 3.49. The lowest BCUT2D eigenvalue weighted by Gasteiger charge is -2.35. The average molecular weight is 431 g/mol. The van der Waals surface area contributed by atoms with Gasteiger partial charge in [0.15, 0.2) is 0 Å². The molecule has 9 heteroatoms. The molecule has 0 N–H and O–H groups in total. The third-order valence-corrected chi connectivity index (χ3v) is 6.28. The van der Waals surface area contributed by atoms with Gasteiger partial charge in [0.1, 0.15) is 12.1 Å². The lowest BCUT2D eigenvalue weighted by molar-refractivity contribution is -0.134. The van der Waals surface area contributed by atoms with Crippen LogP contribution in [0, 0.1) is 11.7 Å². The van der Waals surface area contributed by atoms with E-state index in [0.717, 1.165) is 57.5 Å². The number of tetrazole rings is 1. The SMILES string of the molecule is O=C(CCn1cnnn1)N(CC1CCN(Cc2ccccc2F)CC1)C[C@H]1CCCO1. The zero-order valence-electron chi connectivity index (χ0n) is 17.9. The van der Waals surface area contributed by atoms with Crippen LogP contribution in [0.15, 0.2) is 30.6 Å². The molecule has 2 fully saturated rings. The second-order valence-corrected chi connectivity index (χ2v) is 8.57. The van der Waals surface area contributed by atoms with Crippen LogP contribution in [0.2, 0.25) is 0 Å². The van der Waals surface area contributed by atoms with Gasteiger partial charge in [-0.25, -0.2) is 9.07 Å². The molecule has 168 valence electrons. The molecule has 1 aromatic heterocycles. The fourth-order valence-corrected chi connectivity index (χ4v) is 4.47. The largest absolute Gasteiger partial charge is 0.376 e. The van der Waals surface area contributed by atoms with Crippen LogP contribution in [0.3, 0.4) is 0 Å². The first-order valence-corrected chi connectivity index (χ1v) is 11.2. The van der Waals surface area contributed by atoms with Crippen LogP contribution in [0.5, 0.6) is 0 Å². The van der Waals surface area contributed by atoms with Crippen LogP contribution in [0.1, 0.15) is 37.7 Å². The summed E-state index contributed by atoms with van der Waals surface area (Å²) < 4.78 is 21.3. The molecule has 0 unspecified atom stereocenters. The summed E-state index contributed by atoms with van der Waals surface area (Å²) in [5, 5.41) is 11.1. The summed E-state index contributed by atoms with van der Waals surface area (Å²) in [6, 6.07) is 6.99. The Hall–Kier alpha value is -2.39. The molecule has 1 atom stereocenters. The van der Waals surface area contributed by atoms with Crippen LogP contribution >= 0.6 is 0 Å². The van der Waals surface area contributed by atoms with E-state index in [1.165, 1.54) is 12.4 Å². The lowest BCUT2D eigenvalue weighted by Crippen LogP contribution is -2.43. The number of piperidine rings is 1. The normalized spacial score (nSPS) is 20.2. The van der Waals surface area contributed by atoms with Crippen LogP contribution in [0.25, 0.3) is 0 Å². The van der Waals surface area contributed by atoms with Crippen LogP contribution in [-0.4, -0.2) is 74.8 Å². The number of carbonyl (C=O) groups excluding carboxylic acids is 1. The van der Waals surface area contributed by atoms with Gasteiger partial charge in [-0.15, -0.1) is 5.10 Å². The minimum absolute atomic E-state index is 0.125. The molecular formula is C22H31FN6O2. The molecule has 0 aliphatic carbocycles. The number of benzene rings is 1. The molecule has 0 bridgehead atoms. The van der Waals surface area contributed by atoms with Gasteiger partial charge in [-0.05, 0) is 61.2 Å². The summed E-state index contributed by atoms with van der Waals surface area (Å²) in [4.78, 5) is 17.3. The molecule has 0 saturated carbocycles. The number of nitrogens with zero attached hydrogens (tertiary/aromatic N) is 6. The van der Waals surface area contributed by atoms with E-state index < -0.39 is 0 Å². The molecule has 1 amide bonds. The first kappa shape index (κ1) is 21.8. The van der Waals surface area contributed by atoms with E-state index in [1.807, 2.05) is 17.0 Å². The number of carbonyl (C=O) groups is 1. The maximum Gasteiger partial charge on any atom is 0.224 e. The Balaban J connectivity index is 1.29. The highest BCUT2D eigenvalue weighted by molar-refractivity contribution is 5.76. The summed E-state index contributed by atoms with van der Waals surface area (Å²) in [6.45, 7) is 5.16. The molecule has 31 heavy (non-hydrogen) atoms. The van der Waals surface area contributed by atoms with Gasteiger partial charge in [-0.2, -0.15) is 0 Å². The number of ether oxygens (including phenoxy) is 1. The van der Waals surface area contributed by atoms with Gasteiger partial charge in [0, 0.05) is 38.2 Å². The molecule has 1 aromatic carbocycles. The van der Waals surface area contributed by atoms with Crippen molar-refractivity contribution in [3.63, 3.8) is 0 Å². The third kappa shape index (κ3) is 6.30. The minimum Gasteiger partial charge on any atom is -0.376 e. The van der Waals surface area contributed by atoms with Crippen molar-refractivity contribution in [2.45, 2.75) is 51.3 Å². The first-order chi connectivity index (χ1) is 15.2. The second kappa shape index (κ2) is 10.8. The van der Waals surface area contributed by atoms with E-state index in [2.05, 4.69) is 20.4 Å². The van der Waals surface area contributed by atoms with E-state index in [-0.39, 0.29) is 17.8 Å². The minimum atomic E-state index is -0.138. The summed E-state index contributed by atoms with van der Waals surface area (Å²) in [7, 11) is 0. The number of amides is 1.